The summed E-state index contributed by atoms with van der Waals surface area (Å²) in [7, 11) is 1.41. The molecule has 1 heterocycles. The zero-order valence-electron chi connectivity index (χ0n) is 19.2. The molecule has 0 aliphatic carbocycles. The predicted octanol–water partition coefficient (Wildman–Crippen LogP) is 6.89. The molecule has 0 bridgehead atoms. The molecule has 0 spiro atoms. The quantitative estimate of drug-likeness (QED) is 0.294. The zero-order chi connectivity index (χ0) is 23.6. The second kappa shape index (κ2) is 9.24. The third-order valence-electron chi connectivity index (χ3n) is 5.94. The monoisotopic (exact) mass is 459 g/mol. The summed E-state index contributed by atoms with van der Waals surface area (Å²) in [5.41, 5.74) is 5.24. The Morgan fingerprint density at radius 1 is 1.03 bits per heavy atom. The molecule has 0 unspecified atom stereocenters. The Morgan fingerprint density at radius 2 is 1.76 bits per heavy atom. The van der Waals surface area contributed by atoms with Gasteiger partial charge in [0.1, 0.15) is 12.4 Å². The second-order valence-electron chi connectivity index (χ2n) is 8.58. The topological polar surface area (TPSA) is 48.4 Å². The summed E-state index contributed by atoms with van der Waals surface area (Å²) in [6.07, 6.45) is 1.86. The van der Waals surface area contributed by atoms with E-state index in [0.717, 1.165) is 44.5 Å². The number of hydrogen-bond acceptors (Lipinski definition) is 4. The number of hydrogen-bond donors (Lipinski definition) is 0. The number of methoxy groups -OCH3 is 1. The molecule has 168 valence electrons. The van der Waals surface area contributed by atoms with Crippen molar-refractivity contribution in [2.75, 3.05) is 7.11 Å². The molecule has 0 aliphatic heterocycles. The molecule has 4 rings (SSSR count). The van der Waals surface area contributed by atoms with Crippen molar-refractivity contribution in [1.82, 2.24) is 4.98 Å². The first-order valence-corrected chi connectivity index (χ1v) is 11.1. The van der Waals surface area contributed by atoms with Crippen LogP contribution < -0.4 is 4.74 Å². The van der Waals surface area contributed by atoms with Crippen LogP contribution in [0.15, 0.2) is 72.9 Å². The van der Waals surface area contributed by atoms with E-state index in [0.29, 0.717) is 11.6 Å². The van der Waals surface area contributed by atoms with E-state index in [1.54, 1.807) is 0 Å². The molecule has 5 heteroatoms. The number of halogens is 1. The molecule has 0 aliphatic rings. The second-order valence-corrected chi connectivity index (χ2v) is 8.99. The summed E-state index contributed by atoms with van der Waals surface area (Å²) in [5, 5.41) is 1.66. The van der Waals surface area contributed by atoms with E-state index < -0.39 is 5.41 Å². The van der Waals surface area contributed by atoms with Gasteiger partial charge in [-0.3, -0.25) is 9.78 Å². The molecule has 3 aromatic carbocycles. The van der Waals surface area contributed by atoms with Crippen LogP contribution in [0, 0.1) is 6.92 Å². The lowest BCUT2D eigenvalue weighted by Crippen LogP contribution is -2.30. The van der Waals surface area contributed by atoms with Crippen molar-refractivity contribution >= 4 is 28.5 Å². The lowest BCUT2D eigenvalue weighted by molar-refractivity contribution is -0.146. The highest BCUT2D eigenvalue weighted by Gasteiger charge is 2.30. The van der Waals surface area contributed by atoms with Gasteiger partial charge < -0.3 is 9.47 Å². The number of rotatable bonds is 6. The first-order valence-electron chi connectivity index (χ1n) is 10.8. The van der Waals surface area contributed by atoms with E-state index in [2.05, 4.69) is 11.1 Å². The van der Waals surface area contributed by atoms with E-state index in [1.807, 2.05) is 87.6 Å². The smallest absolute Gasteiger partial charge is 0.315 e. The van der Waals surface area contributed by atoms with Crippen molar-refractivity contribution in [1.29, 1.82) is 0 Å². The minimum atomic E-state index is -0.698. The largest absolute Gasteiger partial charge is 0.489 e. The van der Waals surface area contributed by atoms with Crippen molar-refractivity contribution in [2.24, 2.45) is 0 Å². The number of para-hydroxylation sites is 1. The molecule has 33 heavy (non-hydrogen) atoms. The molecule has 0 saturated heterocycles. The molecular weight excluding hydrogens is 434 g/mol. The van der Waals surface area contributed by atoms with Crippen LogP contribution in [0.5, 0.6) is 5.75 Å². The van der Waals surface area contributed by atoms with Crippen LogP contribution in [-0.4, -0.2) is 18.1 Å². The highest BCUT2D eigenvalue weighted by molar-refractivity contribution is 6.35. The number of aromatic nitrogens is 1. The minimum Gasteiger partial charge on any atom is -0.489 e. The number of nitrogens with zero attached hydrogens (tertiary/aromatic N) is 1. The Labute approximate surface area is 199 Å². The Kier molecular flexibility index (Phi) is 6.39. The average Bonchev–Trinajstić information content (AvgIpc) is 2.82. The van der Waals surface area contributed by atoms with Crippen LogP contribution in [0.4, 0.5) is 0 Å². The van der Waals surface area contributed by atoms with Gasteiger partial charge in [-0.15, -0.1) is 0 Å². The summed E-state index contributed by atoms with van der Waals surface area (Å²) in [6, 6.07) is 21.7. The average molecular weight is 460 g/mol. The third-order valence-corrected chi connectivity index (χ3v) is 6.24. The van der Waals surface area contributed by atoms with Gasteiger partial charge in [-0.2, -0.15) is 0 Å². The number of esters is 1. The van der Waals surface area contributed by atoms with Crippen LogP contribution in [0.25, 0.3) is 22.0 Å². The maximum Gasteiger partial charge on any atom is 0.315 e. The summed E-state index contributed by atoms with van der Waals surface area (Å²) >= 11 is 6.37. The number of pyridine rings is 1. The van der Waals surface area contributed by atoms with E-state index in [4.69, 9.17) is 21.1 Å². The van der Waals surface area contributed by atoms with Gasteiger partial charge in [0.25, 0.3) is 0 Å². The van der Waals surface area contributed by atoms with E-state index in [9.17, 15) is 4.79 Å². The number of carbonyl (C=O) groups excluding carboxylic acids is 1. The number of benzene rings is 3. The van der Waals surface area contributed by atoms with Crippen molar-refractivity contribution in [2.45, 2.75) is 32.8 Å². The fourth-order valence-electron chi connectivity index (χ4n) is 3.97. The van der Waals surface area contributed by atoms with Crippen molar-refractivity contribution < 1.29 is 14.3 Å². The number of ether oxygens (including phenoxy) is 2. The van der Waals surface area contributed by atoms with E-state index >= 15 is 0 Å². The highest BCUT2D eigenvalue weighted by atomic mass is 35.5. The normalized spacial score (nSPS) is 11.4. The minimum absolute atomic E-state index is 0.261. The van der Waals surface area contributed by atoms with E-state index in [1.165, 1.54) is 7.11 Å². The molecule has 0 radical (unpaired) electrons. The molecule has 4 aromatic rings. The Bertz CT molecular complexity index is 1310. The highest BCUT2D eigenvalue weighted by Crippen LogP contribution is 2.35. The van der Waals surface area contributed by atoms with Crippen molar-refractivity contribution in [3.8, 4) is 16.9 Å². The van der Waals surface area contributed by atoms with E-state index in [-0.39, 0.29) is 5.97 Å². The zero-order valence-corrected chi connectivity index (χ0v) is 19.9. The van der Waals surface area contributed by atoms with Gasteiger partial charge in [-0.25, -0.2) is 0 Å². The lowest BCUT2D eigenvalue weighted by Gasteiger charge is -2.22. The molecule has 0 fully saturated rings. The SMILES string of the molecule is COC(=O)C(C)(C)c1ccc(COc2cccc(-c3c(C)cnc4c(Cl)cccc34)c2)cc1. The molecule has 0 atom stereocenters. The van der Waals surface area contributed by atoms with Gasteiger partial charge in [-0.05, 0) is 66.8 Å². The first-order chi connectivity index (χ1) is 15.8. The number of aryl methyl sites for hydroxylation is 1. The summed E-state index contributed by atoms with van der Waals surface area (Å²) in [6.45, 7) is 6.18. The Morgan fingerprint density at radius 3 is 2.48 bits per heavy atom. The summed E-state index contributed by atoms with van der Waals surface area (Å²) in [4.78, 5) is 16.6. The van der Waals surface area contributed by atoms with Gasteiger partial charge in [0.15, 0.2) is 0 Å². The molecular formula is C28H26ClNO3. The van der Waals surface area contributed by atoms with Gasteiger partial charge in [0.05, 0.1) is 23.1 Å². The molecule has 0 N–H and O–H groups in total. The van der Waals surface area contributed by atoms with Crippen LogP contribution in [0.2, 0.25) is 5.02 Å². The van der Waals surface area contributed by atoms with Crippen LogP contribution in [0.3, 0.4) is 0 Å². The number of fused-ring (bicyclic) bond motifs is 1. The van der Waals surface area contributed by atoms with Crippen LogP contribution in [-0.2, 0) is 21.6 Å². The van der Waals surface area contributed by atoms with Gasteiger partial charge in [0.2, 0.25) is 0 Å². The van der Waals surface area contributed by atoms with Gasteiger partial charge in [0, 0.05) is 11.6 Å². The fourth-order valence-corrected chi connectivity index (χ4v) is 4.19. The Hall–Kier alpha value is -3.37. The van der Waals surface area contributed by atoms with Crippen LogP contribution >= 0.6 is 11.6 Å². The van der Waals surface area contributed by atoms with Crippen molar-refractivity contribution in [3.63, 3.8) is 0 Å². The molecule has 4 nitrogen and oxygen atoms in total. The summed E-state index contributed by atoms with van der Waals surface area (Å²) in [5.74, 6) is 0.515. The standard InChI is InChI=1S/C28H26ClNO3/c1-18-16-30-26-23(9-6-10-24(26)29)25(18)20-7-5-8-22(15-20)33-17-19-11-13-21(14-12-19)28(2,3)27(31)32-4/h5-16H,17H2,1-4H3. The maximum atomic E-state index is 12.0. The fraction of sp³-hybridized carbons (Fsp3) is 0.214. The van der Waals surface area contributed by atoms with Crippen molar-refractivity contribution in [3.05, 3.63) is 94.6 Å². The van der Waals surface area contributed by atoms with Gasteiger partial charge >= 0.3 is 5.97 Å². The number of carbonyl (C=O) groups is 1. The van der Waals surface area contributed by atoms with Gasteiger partial charge in [-0.1, -0.05) is 60.1 Å². The lowest BCUT2D eigenvalue weighted by atomic mass is 9.84. The summed E-state index contributed by atoms with van der Waals surface area (Å²) < 4.78 is 11.0. The predicted molar refractivity (Wildman–Crippen MR) is 133 cm³/mol. The Balaban J connectivity index is 1.56. The molecule has 1 aromatic heterocycles. The third kappa shape index (κ3) is 4.57. The molecule has 0 saturated carbocycles. The molecule has 0 amide bonds. The first kappa shape index (κ1) is 22.8. The maximum absolute atomic E-state index is 12.0. The van der Waals surface area contributed by atoms with Crippen LogP contribution in [0.1, 0.15) is 30.5 Å².